The molecule has 0 fully saturated rings. The first kappa shape index (κ1) is 13.8. The van der Waals surface area contributed by atoms with Gasteiger partial charge in [-0.3, -0.25) is 4.57 Å². The fourth-order valence-electron chi connectivity index (χ4n) is 2.14. The molecule has 0 atom stereocenters. The number of halogens is 4. The van der Waals surface area contributed by atoms with Gasteiger partial charge in [0.15, 0.2) is 5.82 Å². The monoisotopic (exact) mass is 311 g/mol. The lowest BCUT2D eigenvalue weighted by molar-refractivity contribution is -0.137. The third-order valence-electron chi connectivity index (χ3n) is 3.14. The Morgan fingerprint density at radius 2 is 1.95 bits per heavy atom. The number of nitrogen functional groups attached to an aromatic ring is 1. The summed E-state index contributed by atoms with van der Waals surface area (Å²) in [6.45, 7) is 0. The van der Waals surface area contributed by atoms with E-state index >= 15 is 0 Å². The highest BCUT2D eigenvalue weighted by molar-refractivity contribution is 6.32. The summed E-state index contributed by atoms with van der Waals surface area (Å²) >= 11 is 5.95. The van der Waals surface area contributed by atoms with E-state index in [1.165, 1.54) is 0 Å². The van der Waals surface area contributed by atoms with Crippen LogP contribution in [0.15, 0.2) is 42.7 Å². The van der Waals surface area contributed by atoms with Crippen molar-refractivity contribution < 1.29 is 13.2 Å². The lowest BCUT2D eigenvalue weighted by Gasteiger charge is -2.10. The predicted molar refractivity (Wildman–Crippen MR) is 75.5 cm³/mol. The van der Waals surface area contributed by atoms with Crippen molar-refractivity contribution in [2.45, 2.75) is 6.18 Å². The third-order valence-corrected chi connectivity index (χ3v) is 3.42. The van der Waals surface area contributed by atoms with Crippen LogP contribution in [-0.2, 0) is 6.18 Å². The van der Waals surface area contributed by atoms with Crippen molar-refractivity contribution in [2.24, 2.45) is 0 Å². The van der Waals surface area contributed by atoms with Crippen molar-refractivity contribution in [3.05, 3.63) is 53.3 Å². The van der Waals surface area contributed by atoms with Crippen molar-refractivity contribution in [1.82, 2.24) is 9.55 Å². The number of alkyl halides is 3. The van der Waals surface area contributed by atoms with Crippen LogP contribution in [0.3, 0.4) is 0 Å². The zero-order valence-electron chi connectivity index (χ0n) is 10.5. The van der Waals surface area contributed by atoms with Crippen molar-refractivity contribution in [2.75, 3.05) is 5.73 Å². The van der Waals surface area contributed by atoms with Gasteiger partial charge in [-0.25, -0.2) is 4.98 Å². The van der Waals surface area contributed by atoms with Gasteiger partial charge in [0.1, 0.15) is 0 Å². The minimum atomic E-state index is -4.47. The van der Waals surface area contributed by atoms with Gasteiger partial charge in [-0.2, -0.15) is 13.2 Å². The second-order valence-electron chi connectivity index (χ2n) is 4.49. The van der Waals surface area contributed by atoms with E-state index < -0.39 is 11.7 Å². The highest BCUT2D eigenvalue weighted by atomic mass is 35.5. The molecule has 0 spiro atoms. The number of hydrogen-bond acceptors (Lipinski definition) is 2. The highest BCUT2D eigenvalue weighted by Crippen LogP contribution is 2.33. The van der Waals surface area contributed by atoms with Crippen LogP contribution in [0, 0.1) is 0 Å². The number of hydrogen-bond donors (Lipinski definition) is 1. The number of fused-ring (bicyclic) bond motifs is 1. The summed E-state index contributed by atoms with van der Waals surface area (Å²) in [5.74, 6) is 0.227. The van der Waals surface area contributed by atoms with Crippen LogP contribution >= 0.6 is 11.6 Å². The molecule has 3 rings (SSSR count). The normalized spacial score (nSPS) is 12.0. The number of rotatable bonds is 1. The summed E-state index contributed by atoms with van der Waals surface area (Å²) in [6.07, 6.45) is -2.04. The Balaban J connectivity index is 2.18. The summed E-state index contributed by atoms with van der Waals surface area (Å²) in [4.78, 5) is 3.84. The first-order valence-corrected chi connectivity index (χ1v) is 6.34. The molecule has 0 saturated carbocycles. The molecule has 2 aromatic heterocycles. The largest absolute Gasteiger partial charge is 0.417 e. The van der Waals surface area contributed by atoms with Crippen LogP contribution in [0.4, 0.5) is 18.9 Å². The molecular weight excluding hydrogens is 303 g/mol. The second kappa shape index (κ2) is 4.66. The summed E-state index contributed by atoms with van der Waals surface area (Å²) in [6, 6.07) is 7.92. The molecule has 0 amide bonds. The van der Waals surface area contributed by atoms with E-state index in [0.29, 0.717) is 5.69 Å². The fourth-order valence-corrected chi connectivity index (χ4v) is 2.40. The molecule has 2 N–H and O–H groups in total. The van der Waals surface area contributed by atoms with E-state index in [-0.39, 0.29) is 10.8 Å². The molecule has 0 aliphatic carbocycles. The first-order chi connectivity index (χ1) is 9.88. The maximum atomic E-state index is 12.6. The van der Waals surface area contributed by atoms with E-state index in [0.717, 1.165) is 23.2 Å². The molecule has 7 heteroatoms. The predicted octanol–water partition coefficient (Wildman–Crippen LogP) is 4.28. The standard InChI is InChI=1S/C14H9ClF3N3/c15-10-6-8(14(16,17)18)7-20-13(10)21-5-4-9-11(19)2-1-3-12(9)21/h1-7H,19H2. The van der Waals surface area contributed by atoms with Gasteiger partial charge in [0.2, 0.25) is 0 Å². The summed E-state index contributed by atoms with van der Waals surface area (Å²) in [5.41, 5.74) is 6.27. The van der Waals surface area contributed by atoms with Crippen molar-refractivity contribution >= 4 is 28.2 Å². The zero-order chi connectivity index (χ0) is 15.2. The summed E-state index contributed by atoms with van der Waals surface area (Å²) < 4.78 is 39.5. The van der Waals surface area contributed by atoms with Gasteiger partial charge in [-0.15, -0.1) is 0 Å². The summed E-state index contributed by atoms with van der Waals surface area (Å²) in [7, 11) is 0. The van der Waals surface area contributed by atoms with Crippen LogP contribution in [0.25, 0.3) is 16.7 Å². The average Bonchev–Trinajstić information content (AvgIpc) is 2.83. The Hall–Kier alpha value is -2.21. The van der Waals surface area contributed by atoms with E-state index in [2.05, 4.69) is 4.98 Å². The maximum Gasteiger partial charge on any atom is 0.417 e. The molecule has 0 unspecified atom stereocenters. The minimum absolute atomic E-state index is 0.0789. The Bertz CT molecular complexity index is 824. The van der Waals surface area contributed by atoms with Crippen LogP contribution < -0.4 is 5.73 Å². The second-order valence-corrected chi connectivity index (χ2v) is 4.90. The molecule has 108 valence electrons. The van der Waals surface area contributed by atoms with Gasteiger partial charge in [0.25, 0.3) is 0 Å². The molecule has 0 saturated heterocycles. The fraction of sp³-hybridized carbons (Fsp3) is 0.0714. The molecule has 1 aromatic carbocycles. The molecule has 0 radical (unpaired) electrons. The van der Waals surface area contributed by atoms with Gasteiger partial charge >= 0.3 is 6.18 Å². The Labute approximate surface area is 122 Å². The number of nitrogens with two attached hydrogens (primary N) is 1. The van der Waals surface area contributed by atoms with Gasteiger partial charge in [0, 0.05) is 23.5 Å². The number of nitrogens with zero attached hydrogens (tertiary/aromatic N) is 2. The molecular formula is C14H9ClF3N3. The topological polar surface area (TPSA) is 43.8 Å². The highest BCUT2D eigenvalue weighted by Gasteiger charge is 2.31. The van der Waals surface area contributed by atoms with E-state index in [4.69, 9.17) is 17.3 Å². The van der Waals surface area contributed by atoms with E-state index in [9.17, 15) is 13.2 Å². The van der Waals surface area contributed by atoms with Crippen molar-refractivity contribution in [1.29, 1.82) is 0 Å². The SMILES string of the molecule is Nc1cccc2c1ccn2-c1ncc(C(F)(F)F)cc1Cl. The first-order valence-electron chi connectivity index (χ1n) is 5.96. The van der Waals surface area contributed by atoms with Crippen LogP contribution in [0.1, 0.15) is 5.56 Å². The van der Waals surface area contributed by atoms with Gasteiger partial charge < -0.3 is 5.73 Å². The van der Waals surface area contributed by atoms with Gasteiger partial charge in [-0.1, -0.05) is 17.7 Å². The molecule has 3 nitrogen and oxygen atoms in total. The number of anilines is 1. The smallest absolute Gasteiger partial charge is 0.398 e. The van der Waals surface area contributed by atoms with Gasteiger partial charge in [-0.05, 0) is 24.3 Å². The number of benzene rings is 1. The maximum absolute atomic E-state index is 12.6. The molecule has 2 heterocycles. The van der Waals surface area contributed by atoms with Crippen LogP contribution in [0.2, 0.25) is 5.02 Å². The Kier molecular flexibility index (Phi) is 3.06. The zero-order valence-corrected chi connectivity index (χ0v) is 11.3. The summed E-state index contributed by atoms with van der Waals surface area (Å²) in [5, 5.41) is 0.708. The minimum Gasteiger partial charge on any atom is -0.398 e. The number of pyridine rings is 1. The third kappa shape index (κ3) is 2.31. The number of aromatic nitrogens is 2. The lowest BCUT2D eigenvalue weighted by Crippen LogP contribution is -2.07. The quantitative estimate of drug-likeness (QED) is 0.682. The molecule has 0 bridgehead atoms. The Morgan fingerprint density at radius 1 is 1.19 bits per heavy atom. The average molecular weight is 312 g/mol. The molecule has 0 aliphatic heterocycles. The van der Waals surface area contributed by atoms with E-state index in [1.807, 2.05) is 0 Å². The van der Waals surface area contributed by atoms with E-state index in [1.54, 1.807) is 35.0 Å². The van der Waals surface area contributed by atoms with Crippen molar-refractivity contribution in [3.63, 3.8) is 0 Å². The van der Waals surface area contributed by atoms with Crippen molar-refractivity contribution in [3.8, 4) is 5.82 Å². The van der Waals surface area contributed by atoms with Gasteiger partial charge in [0.05, 0.1) is 16.1 Å². The lowest BCUT2D eigenvalue weighted by atomic mass is 10.2. The van der Waals surface area contributed by atoms with Crippen LogP contribution in [0.5, 0.6) is 0 Å². The molecule has 21 heavy (non-hydrogen) atoms. The molecule has 0 aliphatic rings. The Morgan fingerprint density at radius 3 is 2.62 bits per heavy atom. The van der Waals surface area contributed by atoms with Crippen LogP contribution in [-0.4, -0.2) is 9.55 Å². The molecule has 3 aromatic rings.